The second-order valence-electron chi connectivity index (χ2n) is 6.96. The summed E-state index contributed by atoms with van der Waals surface area (Å²) in [6, 6.07) is 3.28. The molecule has 2 aliphatic heterocycles. The van der Waals surface area contributed by atoms with Gasteiger partial charge in [-0.15, -0.1) is 13.2 Å². The highest BCUT2D eigenvalue weighted by Gasteiger charge is 2.41. The zero-order chi connectivity index (χ0) is 21.3. The Morgan fingerprint density at radius 1 is 1.31 bits per heavy atom. The molecule has 0 bridgehead atoms. The Balaban J connectivity index is 1.67. The van der Waals surface area contributed by atoms with Gasteiger partial charge in [-0.1, -0.05) is 6.07 Å². The van der Waals surface area contributed by atoms with Gasteiger partial charge in [0, 0.05) is 38.2 Å². The minimum Gasteiger partial charge on any atom is -0.406 e. The topological polar surface area (TPSA) is 99.2 Å². The zero-order valence-corrected chi connectivity index (χ0v) is 15.5. The number of nitrogens with one attached hydrogen (secondary N) is 1. The number of hydrogen-bond acceptors (Lipinski definition) is 5. The molecular weight excluding hydrogens is 395 g/mol. The number of hydrogen-bond donors (Lipinski definition) is 2. The summed E-state index contributed by atoms with van der Waals surface area (Å²) >= 11 is 0. The largest absolute Gasteiger partial charge is 0.573 e. The normalized spacial score (nSPS) is 24.7. The van der Waals surface area contributed by atoms with Crippen LogP contribution in [0.15, 0.2) is 24.3 Å². The van der Waals surface area contributed by atoms with Crippen molar-refractivity contribution in [3.05, 3.63) is 24.3 Å². The SMILES string of the molecule is CC(=O)N1C[C@@H](O)C[C@@H]1C(=O)N[C@@H]1CCN(c2cccc(OC(F)(F)F)c2)C1=O. The summed E-state index contributed by atoms with van der Waals surface area (Å²) in [4.78, 5) is 39.3. The maximum atomic E-state index is 12.7. The maximum absolute atomic E-state index is 12.7. The van der Waals surface area contributed by atoms with Gasteiger partial charge in [0.1, 0.15) is 17.8 Å². The summed E-state index contributed by atoms with van der Waals surface area (Å²) in [6.07, 6.45) is -5.34. The molecule has 1 aromatic rings. The highest BCUT2D eigenvalue weighted by Crippen LogP contribution is 2.29. The Morgan fingerprint density at radius 2 is 2.03 bits per heavy atom. The van der Waals surface area contributed by atoms with E-state index in [-0.39, 0.29) is 37.5 Å². The number of rotatable bonds is 4. The quantitative estimate of drug-likeness (QED) is 0.758. The van der Waals surface area contributed by atoms with Crippen molar-refractivity contribution in [1.82, 2.24) is 10.2 Å². The minimum absolute atomic E-state index is 0.0458. The second kappa shape index (κ2) is 7.90. The van der Waals surface area contributed by atoms with Gasteiger partial charge in [0.2, 0.25) is 17.7 Å². The number of alkyl halides is 3. The average molecular weight is 415 g/mol. The van der Waals surface area contributed by atoms with Crippen molar-refractivity contribution in [3.63, 3.8) is 0 Å². The first-order valence-electron chi connectivity index (χ1n) is 8.98. The predicted molar refractivity (Wildman–Crippen MR) is 93.8 cm³/mol. The summed E-state index contributed by atoms with van der Waals surface area (Å²) in [5.41, 5.74) is 0.218. The van der Waals surface area contributed by atoms with Gasteiger partial charge < -0.3 is 25.0 Å². The summed E-state index contributed by atoms with van der Waals surface area (Å²) < 4.78 is 41.1. The predicted octanol–water partition coefficient (Wildman–Crippen LogP) is 0.788. The van der Waals surface area contributed by atoms with Crippen LogP contribution < -0.4 is 15.0 Å². The van der Waals surface area contributed by atoms with Crippen LogP contribution >= 0.6 is 0 Å². The lowest BCUT2D eigenvalue weighted by Crippen LogP contribution is -2.50. The molecule has 2 aliphatic rings. The van der Waals surface area contributed by atoms with Crippen molar-refractivity contribution in [2.24, 2.45) is 0 Å². The molecule has 29 heavy (non-hydrogen) atoms. The van der Waals surface area contributed by atoms with Gasteiger partial charge in [0.25, 0.3) is 0 Å². The van der Waals surface area contributed by atoms with Crippen LogP contribution in [-0.2, 0) is 14.4 Å². The van der Waals surface area contributed by atoms with Crippen molar-refractivity contribution in [2.75, 3.05) is 18.0 Å². The molecule has 2 saturated heterocycles. The lowest BCUT2D eigenvalue weighted by molar-refractivity contribution is -0.274. The fourth-order valence-corrected chi connectivity index (χ4v) is 3.60. The van der Waals surface area contributed by atoms with Crippen molar-refractivity contribution in [2.45, 2.75) is 44.3 Å². The molecule has 0 spiro atoms. The van der Waals surface area contributed by atoms with Gasteiger partial charge in [-0.05, 0) is 18.6 Å². The van der Waals surface area contributed by atoms with Crippen molar-refractivity contribution in [1.29, 1.82) is 0 Å². The van der Waals surface area contributed by atoms with Gasteiger partial charge in [0.15, 0.2) is 0 Å². The minimum atomic E-state index is -4.85. The Kier molecular flexibility index (Phi) is 5.69. The highest BCUT2D eigenvalue weighted by molar-refractivity contribution is 6.02. The third-order valence-corrected chi connectivity index (χ3v) is 4.87. The van der Waals surface area contributed by atoms with Crippen LogP contribution in [0.5, 0.6) is 5.75 Å². The molecule has 2 N–H and O–H groups in total. The van der Waals surface area contributed by atoms with Crippen LogP contribution in [0.1, 0.15) is 19.8 Å². The number of anilines is 1. The Labute approximate surface area is 164 Å². The molecule has 3 rings (SSSR count). The number of nitrogens with zero attached hydrogens (tertiary/aromatic N) is 2. The van der Waals surface area contributed by atoms with E-state index in [0.29, 0.717) is 0 Å². The standard InChI is InChI=1S/C18H20F3N3O5/c1-10(25)24-9-12(26)8-15(24)16(27)22-14-5-6-23(17(14)28)11-3-2-4-13(7-11)29-18(19,20)21/h2-4,7,12,14-15,26H,5-6,8-9H2,1H3,(H,22,27)/t12-,14+,15+/m0/s1. The van der Waals surface area contributed by atoms with Gasteiger partial charge in [-0.25, -0.2) is 0 Å². The molecule has 0 aliphatic carbocycles. The van der Waals surface area contributed by atoms with Gasteiger partial charge in [0.05, 0.1) is 6.10 Å². The number of carbonyl (C=O) groups is 3. The third-order valence-electron chi connectivity index (χ3n) is 4.87. The van der Waals surface area contributed by atoms with E-state index in [1.54, 1.807) is 0 Å². The molecule has 0 saturated carbocycles. The van der Waals surface area contributed by atoms with E-state index in [9.17, 15) is 32.7 Å². The van der Waals surface area contributed by atoms with Crippen LogP contribution in [0.2, 0.25) is 0 Å². The van der Waals surface area contributed by atoms with E-state index in [2.05, 4.69) is 10.1 Å². The molecule has 3 amide bonds. The number of ether oxygens (including phenoxy) is 1. The van der Waals surface area contributed by atoms with Crippen LogP contribution in [0, 0.1) is 0 Å². The first-order valence-corrected chi connectivity index (χ1v) is 8.98. The number of aliphatic hydroxyl groups is 1. The zero-order valence-electron chi connectivity index (χ0n) is 15.5. The van der Waals surface area contributed by atoms with Gasteiger partial charge in [-0.3, -0.25) is 14.4 Å². The summed E-state index contributed by atoms with van der Waals surface area (Å²) in [6.45, 7) is 1.53. The lowest BCUT2D eigenvalue weighted by Gasteiger charge is -2.23. The first-order chi connectivity index (χ1) is 13.5. The maximum Gasteiger partial charge on any atom is 0.573 e. The fraction of sp³-hybridized carbons (Fsp3) is 0.500. The smallest absolute Gasteiger partial charge is 0.406 e. The molecule has 8 nitrogen and oxygen atoms in total. The highest BCUT2D eigenvalue weighted by atomic mass is 19.4. The van der Waals surface area contributed by atoms with Gasteiger partial charge >= 0.3 is 6.36 Å². The van der Waals surface area contributed by atoms with E-state index in [4.69, 9.17) is 0 Å². The van der Waals surface area contributed by atoms with Crippen LogP contribution in [-0.4, -0.2) is 65.4 Å². The molecule has 0 radical (unpaired) electrons. The number of likely N-dealkylation sites (tertiary alicyclic amines) is 1. The molecule has 2 heterocycles. The van der Waals surface area contributed by atoms with Crippen LogP contribution in [0.3, 0.4) is 0 Å². The number of amides is 3. The van der Waals surface area contributed by atoms with E-state index in [0.717, 1.165) is 12.1 Å². The van der Waals surface area contributed by atoms with Crippen molar-refractivity contribution < 1.29 is 37.4 Å². The summed E-state index contributed by atoms with van der Waals surface area (Å²) in [5, 5.41) is 12.3. The average Bonchev–Trinajstić information content (AvgIpc) is 3.17. The Bertz CT molecular complexity index is 816. The molecule has 1 aromatic carbocycles. The molecule has 0 unspecified atom stereocenters. The number of benzene rings is 1. The molecule has 158 valence electrons. The molecule has 2 fully saturated rings. The number of carbonyl (C=O) groups excluding carboxylic acids is 3. The van der Waals surface area contributed by atoms with Gasteiger partial charge in [-0.2, -0.15) is 0 Å². The molecule has 11 heteroatoms. The van der Waals surface area contributed by atoms with Crippen molar-refractivity contribution >= 4 is 23.4 Å². The second-order valence-corrected chi connectivity index (χ2v) is 6.96. The Morgan fingerprint density at radius 3 is 2.69 bits per heavy atom. The number of halogens is 3. The van der Waals surface area contributed by atoms with E-state index in [1.807, 2.05) is 0 Å². The van der Waals surface area contributed by atoms with Crippen LogP contribution in [0.4, 0.5) is 18.9 Å². The lowest BCUT2D eigenvalue weighted by atomic mass is 10.1. The fourth-order valence-electron chi connectivity index (χ4n) is 3.60. The third kappa shape index (κ3) is 4.78. The Hall–Kier alpha value is -2.82. The number of β-amino-alcohol motifs (C(OH)–C–C–N with tert-alkyl or cyclic N) is 1. The molecule has 3 atom stereocenters. The summed E-state index contributed by atoms with van der Waals surface area (Å²) in [7, 11) is 0. The molecule has 0 aromatic heterocycles. The van der Waals surface area contributed by atoms with Crippen molar-refractivity contribution in [3.8, 4) is 5.75 Å². The van der Waals surface area contributed by atoms with E-state index in [1.165, 1.54) is 28.9 Å². The van der Waals surface area contributed by atoms with E-state index < -0.39 is 42.1 Å². The molecular formula is C18H20F3N3O5. The monoisotopic (exact) mass is 415 g/mol. The summed E-state index contributed by atoms with van der Waals surface area (Å²) in [5.74, 6) is -1.84. The number of aliphatic hydroxyl groups excluding tert-OH is 1. The van der Waals surface area contributed by atoms with E-state index >= 15 is 0 Å². The first kappa shape index (κ1) is 20.9. The van der Waals surface area contributed by atoms with Crippen LogP contribution in [0.25, 0.3) is 0 Å².